The summed E-state index contributed by atoms with van der Waals surface area (Å²) in [5.74, 6) is 0. The van der Waals surface area contributed by atoms with Gasteiger partial charge in [-0.25, -0.2) is 0 Å². The van der Waals surface area contributed by atoms with E-state index in [0.717, 1.165) is 39.4 Å². The molecule has 0 amide bonds. The molecule has 1 heterocycles. The van der Waals surface area contributed by atoms with Gasteiger partial charge in [0.1, 0.15) is 0 Å². The predicted octanol–water partition coefficient (Wildman–Crippen LogP) is 5.58. The van der Waals surface area contributed by atoms with Gasteiger partial charge in [0.05, 0.1) is 11.3 Å². The molecule has 0 unspecified atom stereocenters. The van der Waals surface area contributed by atoms with Crippen LogP contribution in [0.15, 0.2) is 71.8 Å². The maximum atomic E-state index is 12.7. The summed E-state index contributed by atoms with van der Waals surface area (Å²) in [6, 6.07) is 17.2. The number of nitrogens with one attached hydrogen (secondary N) is 1. The molecule has 6 heteroatoms. The number of benzene rings is 2. The minimum absolute atomic E-state index is 0.474. The topological polar surface area (TPSA) is 24.9 Å². The first-order chi connectivity index (χ1) is 12.5. The molecule has 0 saturated heterocycles. The quantitative estimate of drug-likeness (QED) is 0.590. The highest BCUT2D eigenvalue weighted by molar-refractivity contribution is 7.97. The van der Waals surface area contributed by atoms with Crippen molar-refractivity contribution in [2.24, 2.45) is 0 Å². The van der Waals surface area contributed by atoms with Crippen molar-refractivity contribution in [2.45, 2.75) is 17.5 Å². The van der Waals surface area contributed by atoms with Crippen molar-refractivity contribution >= 4 is 11.9 Å². The Kier molecular flexibility index (Phi) is 5.64. The van der Waals surface area contributed by atoms with Crippen LogP contribution in [0.3, 0.4) is 0 Å². The van der Waals surface area contributed by atoms with Gasteiger partial charge >= 0.3 is 6.18 Å². The molecule has 134 valence electrons. The van der Waals surface area contributed by atoms with E-state index in [1.807, 2.05) is 43.4 Å². The van der Waals surface area contributed by atoms with E-state index in [4.69, 9.17) is 0 Å². The van der Waals surface area contributed by atoms with Gasteiger partial charge in [0.25, 0.3) is 0 Å². The fourth-order valence-electron chi connectivity index (χ4n) is 2.67. The van der Waals surface area contributed by atoms with E-state index in [0.29, 0.717) is 6.42 Å². The van der Waals surface area contributed by atoms with Crippen molar-refractivity contribution in [2.75, 3.05) is 7.05 Å². The summed E-state index contributed by atoms with van der Waals surface area (Å²) in [4.78, 5) is 5.54. The molecule has 0 aliphatic carbocycles. The zero-order valence-electron chi connectivity index (χ0n) is 14.0. The summed E-state index contributed by atoms with van der Waals surface area (Å²) in [6.45, 7) is 0. The number of hydrogen-bond acceptors (Lipinski definition) is 3. The van der Waals surface area contributed by atoms with Crippen molar-refractivity contribution < 1.29 is 13.2 Å². The van der Waals surface area contributed by atoms with Gasteiger partial charge in [-0.2, -0.15) is 13.2 Å². The Balaban J connectivity index is 1.85. The van der Waals surface area contributed by atoms with E-state index < -0.39 is 11.7 Å². The van der Waals surface area contributed by atoms with Gasteiger partial charge in [0.2, 0.25) is 0 Å². The van der Waals surface area contributed by atoms with E-state index in [2.05, 4.69) is 9.71 Å². The molecule has 1 N–H and O–H groups in total. The Labute approximate surface area is 154 Å². The van der Waals surface area contributed by atoms with Crippen LogP contribution in [0.5, 0.6) is 0 Å². The van der Waals surface area contributed by atoms with Crippen LogP contribution in [0.4, 0.5) is 13.2 Å². The van der Waals surface area contributed by atoms with Gasteiger partial charge in [-0.1, -0.05) is 30.3 Å². The van der Waals surface area contributed by atoms with E-state index in [1.54, 1.807) is 6.20 Å². The summed E-state index contributed by atoms with van der Waals surface area (Å²) >= 11 is 1.53. The second kappa shape index (κ2) is 7.93. The molecule has 0 atom stereocenters. The van der Waals surface area contributed by atoms with Gasteiger partial charge in [0, 0.05) is 23.1 Å². The average Bonchev–Trinajstić information content (AvgIpc) is 2.63. The lowest BCUT2D eigenvalue weighted by molar-refractivity contribution is -0.137. The Morgan fingerprint density at radius 1 is 0.962 bits per heavy atom. The summed E-state index contributed by atoms with van der Waals surface area (Å²) in [7, 11) is 1.86. The molecule has 0 bridgehead atoms. The normalized spacial score (nSPS) is 11.5. The van der Waals surface area contributed by atoms with Crippen molar-refractivity contribution in [3.05, 3.63) is 83.7 Å². The minimum Gasteiger partial charge on any atom is -0.263 e. The summed E-state index contributed by atoms with van der Waals surface area (Å²) in [5.41, 5.74) is 3.00. The van der Waals surface area contributed by atoms with E-state index in [9.17, 15) is 13.2 Å². The molecular weight excluding hydrogens is 357 g/mol. The van der Waals surface area contributed by atoms with Crippen LogP contribution in [0, 0.1) is 0 Å². The fraction of sp³-hybridized carbons (Fsp3) is 0.150. The summed E-state index contributed by atoms with van der Waals surface area (Å²) in [6.07, 6.45) is -2.14. The van der Waals surface area contributed by atoms with E-state index in [-0.39, 0.29) is 0 Å². The van der Waals surface area contributed by atoms with Crippen LogP contribution in [0.25, 0.3) is 11.1 Å². The maximum absolute atomic E-state index is 12.7. The lowest BCUT2D eigenvalue weighted by Crippen LogP contribution is -2.04. The Morgan fingerprint density at radius 2 is 1.65 bits per heavy atom. The van der Waals surface area contributed by atoms with Gasteiger partial charge in [0.15, 0.2) is 0 Å². The molecule has 2 aromatic carbocycles. The molecule has 0 saturated carbocycles. The molecular formula is C20H17F3N2S. The number of nitrogens with zero attached hydrogens (tertiary/aromatic N) is 1. The first-order valence-corrected chi connectivity index (χ1v) is 8.83. The van der Waals surface area contributed by atoms with Crippen LogP contribution >= 0.6 is 11.9 Å². The molecule has 0 radical (unpaired) electrons. The van der Waals surface area contributed by atoms with E-state index in [1.165, 1.54) is 24.1 Å². The van der Waals surface area contributed by atoms with Gasteiger partial charge in [-0.05, 0) is 60.5 Å². The van der Waals surface area contributed by atoms with Gasteiger partial charge in [-0.15, -0.1) is 0 Å². The van der Waals surface area contributed by atoms with Gasteiger partial charge in [-0.3, -0.25) is 9.71 Å². The second-order valence-electron chi connectivity index (χ2n) is 5.70. The zero-order valence-corrected chi connectivity index (χ0v) is 14.9. The summed E-state index contributed by atoms with van der Waals surface area (Å²) < 4.78 is 41.1. The smallest absolute Gasteiger partial charge is 0.263 e. The largest absolute Gasteiger partial charge is 0.416 e. The van der Waals surface area contributed by atoms with Crippen LogP contribution in [0.2, 0.25) is 0 Å². The zero-order chi connectivity index (χ0) is 18.6. The molecule has 0 spiro atoms. The molecule has 0 aliphatic rings. The predicted molar refractivity (Wildman–Crippen MR) is 98.8 cm³/mol. The molecule has 1 aromatic heterocycles. The fourth-order valence-corrected chi connectivity index (χ4v) is 3.17. The number of halogens is 3. The number of alkyl halides is 3. The number of hydrogen-bond donors (Lipinski definition) is 1. The van der Waals surface area contributed by atoms with Crippen molar-refractivity contribution in [3.63, 3.8) is 0 Å². The Morgan fingerprint density at radius 3 is 2.27 bits per heavy atom. The molecule has 0 fully saturated rings. The molecule has 26 heavy (non-hydrogen) atoms. The third-order valence-corrected chi connectivity index (χ3v) is 4.64. The average molecular weight is 374 g/mol. The molecule has 3 aromatic rings. The highest BCUT2D eigenvalue weighted by atomic mass is 32.2. The van der Waals surface area contributed by atoms with Crippen LogP contribution in [0.1, 0.15) is 16.8 Å². The first kappa shape index (κ1) is 18.5. The maximum Gasteiger partial charge on any atom is 0.416 e. The lowest BCUT2D eigenvalue weighted by atomic mass is 9.99. The van der Waals surface area contributed by atoms with Crippen LogP contribution in [-0.2, 0) is 12.6 Å². The second-order valence-corrected chi connectivity index (χ2v) is 6.78. The lowest BCUT2D eigenvalue weighted by Gasteiger charge is -2.11. The Hall–Kier alpha value is -2.31. The highest BCUT2D eigenvalue weighted by Crippen LogP contribution is 2.30. The SMILES string of the molecule is CNSc1ccc(-c2cccnc2Cc2ccc(C(F)(F)F)cc2)cc1. The van der Waals surface area contributed by atoms with Crippen molar-refractivity contribution in [1.29, 1.82) is 0 Å². The van der Waals surface area contributed by atoms with Gasteiger partial charge < -0.3 is 0 Å². The van der Waals surface area contributed by atoms with E-state index >= 15 is 0 Å². The van der Waals surface area contributed by atoms with Crippen LogP contribution < -0.4 is 4.72 Å². The number of aromatic nitrogens is 1. The molecule has 2 nitrogen and oxygen atoms in total. The van der Waals surface area contributed by atoms with Crippen LogP contribution in [-0.4, -0.2) is 12.0 Å². The summed E-state index contributed by atoms with van der Waals surface area (Å²) in [5, 5.41) is 0. The third kappa shape index (κ3) is 4.45. The highest BCUT2D eigenvalue weighted by Gasteiger charge is 2.29. The van der Waals surface area contributed by atoms with Crippen molar-refractivity contribution in [1.82, 2.24) is 9.71 Å². The Bertz CT molecular complexity index is 859. The molecule has 3 rings (SSSR count). The standard InChI is InChI=1S/C20H17F3N2S/c1-24-26-17-10-6-15(7-11-17)18-3-2-12-25-19(18)13-14-4-8-16(9-5-14)20(21,22)23/h2-12,24H,13H2,1H3. The molecule has 0 aliphatic heterocycles. The first-order valence-electron chi connectivity index (χ1n) is 8.01. The minimum atomic E-state index is -4.32. The van der Waals surface area contributed by atoms with Crippen molar-refractivity contribution in [3.8, 4) is 11.1 Å². The third-order valence-electron chi connectivity index (χ3n) is 3.93. The number of rotatable bonds is 5. The number of pyridine rings is 1. The monoisotopic (exact) mass is 374 g/mol.